The molecule has 2 aliphatic carbocycles. The van der Waals surface area contributed by atoms with E-state index in [4.69, 9.17) is 16.3 Å². The molecule has 0 radical (unpaired) electrons. The van der Waals surface area contributed by atoms with Crippen molar-refractivity contribution in [1.82, 2.24) is 0 Å². The van der Waals surface area contributed by atoms with Crippen molar-refractivity contribution in [3.63, 3.8) is 0 Å². The van der Waals surface area contributed by atoms with Gasteiger partial charge in [-0.05, 0) is 80.3 Å². The molecule has 0 aromatic rings. The Morgan fingerprint density at radius 2 is 1.79 bits per heavy atom. The van der Waals surface area contributed by atoms with Crippen molar-refractivity contribution < 1.29 is 9.53 Å². The molecule has 158 valence electrons. The topological polar surface area (TPSA) is 26.3 Å². The first-order valence-corrected chi connectivity index (χ1v) is 11.4. The van der Waals surface area contributed by atoms with Crippen LogP contribution in [-0.2, 0) is 9.53 Å². The summed E-state index contributed by atoms with van der Waals surface area (Å²) in [4.78, 5) is 12.9. The molecule has 1 heterocycles. The van der Waals surface area contributed by atoms with Crippen molar-refractivity contribution in [2.45, 2.75) is 59.5 Å². The number of Topliss-reactive ketones (excluding diaryl/α,β-unsaturated/α-hetero) is 1. The Balaban J connectivity index is 2.01. The Morgan fingerprint density at radius 1 is 1.07 bits per heavy atom. The van der Waals surface area contributed by atoms with E-state index in [1.165, 1.54) is 12.8 Å². The van der Waals surface area contributed by atoms with Gasteiger partial charge in [-0.25, -0.2) is 0 Å². The molecule has 0 aromatic carbocycles. The van der Waals surface area contributed by atoms with Gasteiger partial charge in [-0.15, -0.1) is 0 Å². The number of carbonyl (C=O) groups excluding carboxylic acids is 1. The Bertz CT molecular complexity index is 757. The number of fused-ring (bicyclic) bond motifs is 3. The Labute approximate surface area is 181 Å². The quantitative estimate of drug-likeness (QED) is 0.399. The highest BCUT2D eigenvalue weighted by Gasteiger charge is 2.43. The molecule has 29 heavy (non-hydrogen) atoms. The molecule has 1 saturated carbocycles. The summed E-state index contributed by atoms with van der Waals surface area (Å²) in [6.07, 6.45) is 16.6. The number of ketones is 1. The maximum atomic E-state index is 12.9. The highest BCUT2D eigenvalue weighted by atomic mass is 35.5. The summed E-state index contributed by atoms with van der Waals surface area (Å²) in [6, 6.07) is 0. The van der Waals surface area contributed by atoms with Crippen LogP contribution in [0.1, 0.15) is 53.4 Å². The first-order valence-electron chi connectivity index (χ1n) is 11.0. The number of halogens is 1. The molecule has 0 aromatic heterocycles. The highest BCUT2D eigenvalue weighted by Crippen LogP contribution is 2.51. The maximum absolute atomic E-state index is 12.9. The van der Waals surface area contributed by atoms with E-state index in [0.717, 1.165) is 17.9 Å². The lowest BCUT2D eigenvalue weighted by Crippen LogP contribution is -2.41. The molecule has 0 amide bonds. The second-order valence-electron chi connectivity index (χ2n) is 9.38. The third-order valence-corrected chi connectivity index (χ3v) is 7.43. The van der Waals surface area contributed by atoms with E-state index in [9.17, 15) is 4.79 Å². The minimum Gasteiger partial charge on any atom is -0.491 e. The van der Waals surface area contributed by atoms with Crippen LogP contribution in [0.3, 0.4) is 0 Å². The third-order valence-electron chi connectivity index (χ3n) is 6.92. The van der Waals surface area contributed by atoms with Gasteiger partial charge in [0.1, 0.15) is 6.10 Å². The smallest absolute Gasteiger partial charge is 0.181 e. The molecule has 1 aliphatic heterocycles. The van der Waals surface area contributed by atoms with Gasteiger partial charge in [0, 0.05) is 0 Å². The zero-order chi connectivity index (χ0) is 21.1. The largest absolute Gasteiger partial charge is 0.491 e. The maximum Gasteiger partial charge on any atom is 0.181 e. The molecular formula is C26H35ClO2. The number of rotatable bonds is 0. The fraction of sp³-hybridized carbons (Fsp3) is 0.577. The molecule has 3 aliphatic rings. The van der Waals surface area contributed by atoms with Crippen molar-refractivity contribution in [3.05, 3.63) is 59.4 Å². The molecule has 7 atom stereocenters. The lowest BCUT2D eigenvalue weighted by molar-refractivity contribution is -0.115. The molecule has 0 bridgehead atoms. The van der Waals surface area contributed by atoms with Crippen LogP contribution in [0.5, 0.6) is 0 Å². The second kappa shape index (κ2) is 9.51. The van der Waals surface area contributed by atoms with Crippen molar-refractivity contribution in [2.75, 3.05) is 0 Å². The average Bonchev–Trinajstić information content (AvgIpc) is 2.65. The fourth-order valence-corrected chi connectivity index (χ4v) is 5.98. The minimum absolute atomic E-state index is 0.0837. The summed E-state index contributed by atoms with van der Waals surface area (Å²) in [5.74, 6) is 3.55. The summed E-state index contributed by atoms with van der Waals surface area (Å²) >= 11 is 6.69. The predicted octanol–water partition coefficient (Wildman–Crippen LogP) is 6.99. The number of carbonyl (C=O) groups is 1. The Hall–Kier alpha value is -1.54. The van der Waals surface area contributed by atoms with Crippen LogP contribution >= 0.6 is 11.6 Å². The number of hydrogen-bond acceptors (Lipinski definition) is 2. The zero-order valence-electron chi connectivity index (χ0n) is 18.2. The summed E-state index contributed by atoms with van der Waals surface area (Å²) in [5, 5.41) is 0.383. The molecule has 0 N–H and O–H groups in total. The molecular weight excluding hydrogens is 380 g/mol. The number of ether oxygens (including phenoxy) is 1. The average molecular weight is 415 g/mol. The number of hydrogen-bond donors (Lipinski definition) is 0. The van der Waals surface area contributed by atoms with Crippen molar-refractivity contribution in [1.29, 1.82) is 0 Å². The van der Waals surface area contributed by atoms with Crippen LogP contribution in [0.15, 0.2) is 59.4 Å². The Kier molecular flexibility index (Phi) is 7.27. The lowest BCUT2D eigenvalue weighted by atomic mass is 9.57. The van der Waals surface area contributed by atoms with Gasteiger partial charge in [0.15, 0.2) is 5.78 Å². The number of allylic oxidation sites excluding steroid dienone is 8. The summed E-state index contributed by atoms with van der Waals surface area (Å²) in [5.41, 5.74) is 1.05. The van der Waals surface area contributed by atoms with Gasteiger partial charge in [0.25, 0.3) is 0 Å². The fourth-order valence-electron chi connectivity index (χ4n) is 5.79. The summed E-state index contributed by atoms with van der Waals surface area (Å²) in [6.45, 7) is 12.7. The van der Waals surface area contributed by atoms with E-state index >= 15 is 0 Å². The monoisotopic (exact) mass is 414 g/mol. The molecule has 3 heteroatoms. The highest BCUT2D eigenvalue weighted by molar-refractivity contribution is 6.43. The lowest BCUT2D eigenvalue weighted by Gasteiger charge is -2.48. The predicted molar refractivity (Wildman–Crippen MR) is 121 cm³/mol. The van der Waals surface area contributed by atoms with Crippen molar-refractivity contribution in [3.8, 4) is 0 Å². The molecule has 3 rings (SSSR count). The standard InChI is InChI=1S/C26H35ClO2/c1-16-13-17(2)24-22(14-16)12-11-21-10-8-6-7-9-18(3)29-19(4)15-23(28)26(27)20(5)25(21)24/h6-9,11-12,16-18,21-22,24-25H,4,10,13-15H2,1-3,5H3/b8-6-,9-7+,26-20-. The van der Waals surface area contributed by atoms with Crippen LogP contribution in [-0.4, -0.2) is 11.9 Å². The van der Waals surface area contributed by atoms with Gasteiger partial charge in [0.2, 0.25) is 0 Å². The van der Waals surface area contributed by atoms with Crippen LogP contribution in [0.25, 0.3) is 0 Å². The van der Waals surface area contributed by atoms with Gasteiger partial charge >= 0.3 is 0 Å². The SMILES string of the molecule is C=C1CC(=O)/C(Cl)=C(\C)C2C(C=CC3CC(C)CC(C)C32)C/C=C\C=C\C(C)O1. The summed E-state index contributed by atoms with van der Waals surface area (Å²) < 4.78 is 5.74. The van der Waals surface area contributed by atoms with Crippen molar-refractivity contribution >= 4 is 17.4 Å². The van der Waals surface area contributed by atoms with Gasteiger partial charge in [-0.2, -0.15) is 0 Å². The van der Waals surface area contributed by atoms with E-state index in [2.05, 4.69) is 51.7 Å². The molecule has 0 spiro atoms. The molecule has 1 fully saturated rings. The first-order chi connectivity index (χ1) is 13.8. The van der Waals surface area contributed by atoms with Crippen LogP contribution < -0.4 is 0 Å². The van der Waals surface area contributed by atoms with Crippen molar-refractivity contribution in [2.24, 2.45) is 35.5 Å². The van der Waals surface area contributed by atoms with E-state index < -0.39 is 0 Å². The van der Waals surface area contributed by atoms with Crippen LogP contribution in [0.4, 0.5) is 0 Å². The van der Waals surface area contributed by atoms with Gasteiger partial charge in [0.05, 0.1) is 17.2 Å². The van der Waals surface area contributed by atoms with Gasteiger partial charge < -0.3 is 4.74 Å². The molecule has 0 saturated heterocycles. The van der Waals surface area contributed by atoms with E-state index in [1.807, 2.05) is 19.1 Å². The Morgan fingerprint density at radius 3 is 2.55 bits per heavy atom. The normalized spacial score (nSPS) is 43.6. The minimum atomic E-state index is -0.125. The van der Waals surface area contributed by atoms with Crippen LogP contribution in [0, 0.1) is 35.5 Å². The molecule has 2 nitrogen and oxygen atoms in total. The first kappa shape index (κ1) is 22.2. The van der Waals surface area contributed by atoms with Gasteiger partial charge in [-0.1, -0.05) is 62.4 Å². The molecule has 7 unspecified atom stereocenters. The van der Waals surface area contributed by atoms with Gasteiger partial charge in [-0.3, -0.25) is 4.79 Å². The van der Waals surface area contributed by atoms with E-state index in [1.54, 1.807) is 0 Å². The van der Waals surface area contributed by atoms with E-state index in [-0.39, 0.29) is 18.3 Å². The second-order valence-corrected chi connectivity index (χ2v) is 9.75. The zero-order valence-corrected chi connectivity index (χ0v) is 19.0. The summed E-state index contributed by atoms with van der Waals surface area (Å²) in [7, 11) is 0. The third kappa shape index (κ3) is 5.15. The van der Waals surface area contributed by atoms with Crippen LogP contribution in [0.2, 0.25) is 0 Å². The van der Waals surface area contributed by atoms with E-state index in [0.29, 0.717) is 40.4 Å².